The first kappa shape index (κ1) is 19.8. The molecule has 0 unspecified atom stereocenters. The summed E-state index contributed by atoms with van der Waals surface area (Å²) in [6.07, 6.45) is 1.52. The van der Waals surface area contributed by atoms with Crippen LogP contribution in [-0.2, 0) is 4.79 Å². The van der Waals surface area contributed by atoms with Gasteiger partial charge in [-0.3, -0.25) is 4.79 Å². The second kappa shape index (κ2) is 8.48. The molecule has 1 amide bonds. The second-order valence-corrected chi connectivity index (χ2v) is 7.27. The number of benzene rings is 1. The van der Waals surface area contributed by atoms with Gasteiger partial charge in [-0.25, -0.2) is 19.0 Å². The van der Waals surface area contributed by atoms with E-state index in [1.807, 2.05) is 30.9 Å². The van der Waals surface area contributed by atoms with E-state index in [0.717, 1.165) is 17.2 Å². The van der Waals surface area contributed by atoms with E-state index in [4.69, 9.17) is 4.74 Å². The standard InChI is InChI=1S/C21H23FN6O2/c1-14-9-15(2)28(26-14)20-10-19(24-13-25-20)27-11-16(12-27)21(29)23-7-8-30-18-5-3-17(22)4-6-18/h3-6,9-10,13,16H,7-8,11-12H2,1-2H3,(H,23,29). The Morgan fingerprint density at radius 1 is 1.17 bits per heavy atom. The number of amides is 1. The molecule has 1 fully saturated rings. The Bertz CT molecular complexity index is 1030. The maximum absolute atomic E-state index is 12.9. The molecule has 8 nitrogen and oxygen atoms in total. The zero-order chi connectivity index (χ0) is 21.1. The molecule has 0 spiro atoms. The van der Waals surface area contributed by atoms with Gasteiger partial charge in [0.15, 0.2) is 5.82 Å². The summed E-state index contributed by atoms with van der Waals surface area (Å²) in [6.45, 7) is 5.82. The zero-order valence-corrected chi connectivity index (χ0v) is 16.9. The van der Waals surface area contributed by atoms with Gasteiger partial charge in [0.05, 0.1) is 18.2 Å². The Hall–Kier alpha value is -3.49. The molecule has 30 heavy (non-hydrogen) atoms. The van der Waals surface area contributed by atoms with E-state index in [1.165, 1.54) is 18.5 Å². The third-order valence-corrected chi connectivity index (χ3v) is 4.92. The molecule has 2 aromatic heterocycles. The highest BCUT2D eigenvalue weighted by molar-refractivity contribution is 5.81. The van der Waals surface area contributed by atoms with Crippen molar-refractivity contribution in [3.05, 3.63) is 59.9 Å². The number of rotatable bonds is 7. The van der Waals surface area contributed by atoms with Crippen molar-refractivity contribution in [2.75, 3.05) is 31.1 Å². The normalized spacial score (nSPS) is 13.8. The summed E-state index contributed by atoms with van der Waals surface area (Å²) in [7, 11) is 0. The van der Waals surface area contributed by atoms with Crippen LogP contribution >= 0.6 is 0 Å². The van der Waals surface area contributed by atoms with Gasteiger partial charge in [-0.15, -0.1) is 0 Å². The van der Waals surface area contributed by atoms with Crippen LogP contribution in [0.15, 0.2) is 42.7 Å². The van der Waals surface area contributed by atoms with Gasteiger partial charge in [0.1, 0.15) is 30.3 Å². The van der Waals surface area contributed by atoms with Crippen LogP contribution < -0.4 is 15.0 Å². The van der Waals surface area contributed by atoms with E-state index in [9.17, 15) is 9.18 Å². The Morgan fingerprint density at radius 3 is 2.60 bits per heavy atom. The lowest BCUT2D eigenvalue weighted by atomic mass is 9.99. The van der Waals surface area contributed by atoms with Crippen molar-refractivity contribution in [1.29, 1.82) is 0 Å². The lowest BCUT2D eigenvalue weighted by Gasteiger charge is -2.39. The minimum absolute atomic E-state index is 0.0122. The average molecular weight is 410 g/mol. The van der Waals surface area contributed by atoms with Gasteiger partial charge >= 0.3 is 0 Å². The van der Waals surface area contributed by atoms with Crippen molar-refractivity contribution in [1.82, 2.24) is 25.1 Å². The molecule has 0 aliphatic carbocycles. The van der Waals surface area contributed by atoms with Crippen molar-refractivity contribution in [2.24, 2.45) is 5.92 Å². The predicted octanol–water partition coefficient (Wildman–Crippen LogP) is 2.05. The van der Waals surface area contributed by atoms with Gasteiger partial charge < -0.3 is 15.0 Å². The molecule has 1 N–H and O–H groups in total. The summed E-state index contributed by atoms with van der Waals surface area (Å²) in [5.74, 6) is 1.64. The molecule has 156 valence electrons. The van der Waals surface area contributed by atoms with Crippen LogP contribution in [-0.4, -0.2) is 51.9 Å². The molecule has 1 aliphatic heterocycles. The SMILES string of the molecule is Cc1cc(C)n(-c2cc(N3CC(C(=O)NCCOc4ccc(F)cc4)C3)ncn2)n1. The van der Waals surface area contributed by atoms with Crippen LogP contribution in [0.4, 0.5) is 10.2 Å². The first-order valence-electron chi connectivity index (χ1n) is 9.76. The minimum atomic E-state index is -0.309. The number of aromatic nitrogens is 4. The largest absolute Gasteiger partial charge is 0.492 e. The molecule has 9 heteroatoms. The molecule has 0 radical (unpaired) electrons. The molecular formula is C21H23FN6O2. The molecule has 3 heterocycles. The van der Waals surface area contributed by atoms with Gasteiger partial charge in [-0.2, -0.15) is 5.10 Å². The monoisotopic (exact) mass is 410 g/mol. The van der Waals surface area contributed by atoms with Gasteiger partial charge in [0.25, 0.3) is 0 Å². The van der Waals surface area contributed by atoms with Crippen LogP contribution in [0.3, 0.4) is 0 Å². The Balaban J connectivity index is 1.24. The van der Waals surface area contributed by atoms with Gasteiger partial charge in [-0.1, -0.05) is 0 Å². The Labute approximate surface area is 173 Å². The number of aryl methyl sites for hydroxylation is 2. The van der Waals surface area contributed by atoms with Crippen molar-refractivity contribution < 1.29 is 13.9 Å². The molecule has 1 saturated heterocycles. The average Bonchev–Trinajstić information content (AvgIpc) is 3.04. The first-order valence-corrected chi connectivity index (χ1v) is 9.76. The topological polar surface area (TPSA) is 85.2 Å². The van der Waals surface area contributed by atoms with Crippen LogP contribution in [0.1, 0.15) is 11.4 Å². The molecule has 0 saturated carbocycles. The fourth-order valence-corrected chi connectivity index (χ4v) is 3.34. The molecule has 3 aromatic rings. The van der Waals surface area contributed by atoms with E-state index >= 15 is 0 Å². The lowest BCUT2D eigenvalue weighted by molar-refractivity contribution is -0.125. The van der Waals surface area contributed by atoms with E-state index in [-0.39, 0.29) is 17.6 Å². The highest BCUT2D eigenvalue weighted by Crippen LogP contribution is 2.24. The molecule has 1 aliphatic rings. The van der Waals surface area contributed by atoms with Gasteiger partial charge in [0, 0.05) is 24.8 Å². The Morgan fingerprint density at radius 2 is 1.90 bits per heavy atom. The lowest BCUT2D eigenvalue weighted by Crippen LogP contribution is -2.54. The van der Waals surface area contributed by atoms with E-state index in [0.29, 0.717) is 37.8 Å². The third-order valence-electron chi connectivity index (χ3n) is 4.92. The maximum atomic E-state index is 12.9. The van der Waals surface area contributed by atoms with E-state index in [1.54, 1.807) is 16.8 Å². The quantitative estimate of drug-likeness (QED) is 0.600. The fraction of sp³-hybridized carbons (Fsp3) is 0.333. The summed E-state index contributed by atoms with van der Waals surface area (Å²) in [5, 5.41) is 7.32. The van der Waals surface area contributed by atoms with Crippen molar-refractivity contribution in [3.8, 4) is 11.6 Å². The van der Waals surface area contributed by atoms with Crippen molar-refractivity contribution in [3.63, 3.8) is 0 Å². The molecular weight excluding hydrogens is 387 g/mol. The highest BCUT2D eigenvalue weighted by atomic mass is 19.1. The highest BCUT2D eigenvalue weighted by Gasteiger charge is 2.33. The number of carbonyl (C=O) groups excluding carboxylic acids is 1. The molecule has 0 bridgehead atoms. The van der Waals surface area contributed by atoms with Crippen molar-refractivity contribution >= 4 is 11.7 Å². The number of halogens is 1. The number of hydrogen-bond acceptors (Lipinski definition) is 6. The maximum Gasteiger partial charge on any atom is 0.226 e. The number of ether oxygens (including phenoxy) is 1. The van der Waals surface area contributed by atoms with Crippen LogP contribution in [0.25, 0.3) is 5.82 Å². The summed E-state index contributed by atoms with van der Waals surface area (Å²) in [4.78, 5) is 23.0. The molecule has 4 rings (SSSR count). The summed E-state index contributed by atoms with van der Waals surface area (Å²) in [6, 6.07) is 9.66. The second-order valence-electron chi connectivity index (χ2n) is 7.27. The smallest absolute Gasteiger partial charge is 0.226 e. The van der Waals surface area contributed by atoms with E-state index in [2.05, 4.69) is 20.4 Å². The predicted molar refractivity (Wildman–Crippen MR) is 109 cm³/mol. The fourth-order valence-electron chi connectivity index (χ4n) is 3.34. The third kappa shape index (κ3) is 4.40. The summed E-state index contributed by atoms with van der Waals surface area (Å²) in [5.41, 5.74) is 1.93. The van der Waals surface area contributed by atoms with Crippen molar-refractivity contribution in [2.45, 2.75) is 13.8 Å². The van der Waals surface area contributed by atoms with Gasteiger partial charge in [-0.05, 0) is 44.2 Å². The van der Waals surface area contributed by atoms with E-state index < -0.39 is 0 Å². The summed E-state index contributed by atoms with van der Waals surface area (Å²) < 4.78 is 20.1. The number of hydrogen-bond donors (Lipinski definition) is 1. The zero-order valence-electron chi connectivity index (χ0n) is 16.9. The number of carbonyl (C=O) groups is 1. The first-order chi connectivity index (χ1) is 14.5. The van der Waals surface area contributed by atoms with Gasteiger partial charge in [0.2, 0.25) is 5.91 Å². The minimum Gasteiger partial charge on any atom is -0.492 e. The number of nitrogens with zero attached hydrogens (tertiary/aromatic N) is 5. The number of nitrogens with one attached hydrogen (secondary N) is 1. The Kier molecular flexibility index (Phi) is 5.60. The van der Waals surface area contributed by atoms with Crippen LogP contribution in [0.5, 0.6) is 5.75 Å². The molecule has 0 atom stereocenters. The van der Waals surface area contributed by atoms with Crippen LogP contribution in [0.2, 0.25) is 0 Å². The summed E-state index contributed by atoms with van der Waals surface area (Å²) >= 11 is 0. The van der Waals surface area contributed by atoms with Crippen LogP contribution in [0, 0.1) is 25.6 Å². The number of anilines is 1. The molecule has 1 aromatic carbocycles.